The SMILES string of the molecule is c1ccc(-n2c3ccccc3c3cc(-c4ccc(-n5c6ccccc6c6ccc7c(c8ccccc8n7-c7ccccc7)c65)cc4)ccc32)cc1. The van der Waals surface area contributed by atoms with Gasteiger partial charge in [0.25, 0.3) is 0 Å². The van der Waals surface area contributed by atoms with E-state index in [0.717, 1.165) is 5.69 Å². The van der Waals surface area contributed by atoms with Gasteiger partial charge in [-0.2, -0.15) is 0 Å². The molecule has 0 unspecified atom stereocenters. The van der Waals surface area contributed by atoms with Crippen LogP contribution in [0.25, 0.3) is 93.6 Å². The monoisotopic (exact) mass is 649 g/mol. The lowest BCUT2D eigenvalue weighted by Gasteiger charge is -2.11. The molecule has 0 saturated carbocycles. The van der Waals surface area contributed by atoms with E-state index in [4.69, 9.17) is 0 Å². The van der Waals surface area contributed by atoms with Crippen molar-refractivity contribution in [1.29, 1.82) is 0 Å². The lowest BCUT2D eigenvalue weighted by Crippen LogP contribution is -1.95. The molecular weight excluding hydrogens is 619 g/mol. The highest BCUT2D eigenvalue weighted by molar-refractivity contribution is 6.26. The quantitative estimate of drug-likeness (QED) is 0.180. The molecule has 11 aromatic rings. The Kier molecular flexibility index (Phi) is 5.96. The third-order valence-electron chi connectivity index (χ3n) is 10.6. The van der Waals surface area contributed by atoms with E-state index < -0.39 is 0 Å². The van der Waals surface area contributed by atoms with E-state index >= 15 is 0 Å². The van der Waals surface area contributed by atoms with Crippen molar-refractivity contribution in [2.75, 3.05) is 0 Å². The molecule has 238 valence electrons. The van der Waals surface area contributed by atoms with Gasteiger partial charge in [0.15, 0.2) is 0 Å². The Morgan fingerprint density at radius 1 is 0.255 bits per heavy atom. The molecule has 0 saturated heterocycles. The molecule has 0 radical (unpaired) electrons. The predicted octanol–water partition coefficient (Wildman–Crippen LogP) is 12.6. The smallest absolute Gasteiger partial charge is 0.0641 e. The van der Waals surface area contributed by atoms with Gasteiger partial charge in [-0.15, -0.1) is 0 Å². The summed E-state index contributed by atoms with van der Waals surface area (Å²) in [5, 5.41) is 7.57. The fraction of sp³-hybridized carbons (Fsp3) is 0. The Bertz CT molecular complexity index is 3110. The molecule has 3 heteroatoms. The molecule has 0 N–H and O–H groups in total. The van der Waals surface area contributed by atoms with Crippen LogP contribution in [0.15, 0.2) is 188 Å². The number of hydrogen-bond donors (Lipinski definition) is 0. The fourth-order valence-electron chi connectivity index (χ4n) is 8.44. The summed E-state index contributed by atoms with van der Waals surface area (Å²) in [6, 6.07) is 68.3. The molecule has 3 nitrogen and oxygen atoms in total. The number of benzene rings is 8. The topological polar surface area (TPSA) is 14.8 Å². The maximum Gasteiger partial charge on any atom is 0.0641 e. The van der Waals surface area contributed by atoms with Crippen LogP contribution in [0.4, 0.5) is 0 Å². The van der Waals surface area contributed by atoms with E-state index in [1.165, 1.54) is 87.9 Å². The van der Waals surface area contributed by atoms with Gasteiger partial charge >= 0.3 is 0 Å². The van der Waals surface area contributed by atoms with Crippen LogP contribution in [0.3, 0.4) is 0 Å². The molecule has 8 aromatic carbocycles. The maximum absolute atomic E-state index is 2.47. The summed E-state index contributed by atoms with van der Waals surface area (Å²) in [6.45, 7) is 0. The average molecular weight is 650 g/mol. The second-order valence-corrected chi connectivity index (χ2v) is 13.4. The molecule has 0 amide bonds. The summed E-state index contributed by atoms with van der Waals surface area (Å²) in [6.07, 6.45) is 0. The zero-order chi connectivity index (χ0) is 33.5. The number of fused-ring (bicyclic) bond motifs is 10. The Labute approximate surface area is 294 Å². The number of hydrogen-bond acceptors (Lipinski definition) is 0. The van der Waals surface area contributed by atoms with Crippen LogP contribution in [0.2, 0.25) is 0 Å². The molecule has 0 spiro atoms. The normalized spacial score (nSPS) is 11.9. The van der Waals surface area contributed by atoms with Gasteiger partial charge in [-0.1, -0.05) is 115 Å². The van der Waals surface area contributed by atoms with Crippen LogP contribution in [0.1, 0.15) is 0 Å². The number of rotatable bonds is 4. The molecule has 3 aromatic heterocycles. The summed E-state index contributed by atoms with van der Waals surface area (Å²) in [5.41, 5.74) is 13.2. The minimum absolute atomic E-state index is 1.15. The summed E-state index contributed by atoms with van der Waals surface area (Å²) in [5.74, 6) is 0. The van der Waals surface area contributed by atoms with Gasteiger partial charge in [-0.3, -0.25) is 0 Å². The van der Waals surface area contributed by atoms with E-state index in [-0.39, 0.29) is 0 Å². The van der Waals surface area contributed by atoms with Gasteiger partial charge in [-0.25, -0.2) is 0 Å². The third kappa shape index (κ3) is 4.06. The molecule has 0 aliphatic heterocycles. The average Bonchev–Trinajstić information content (AvgIpc) is 3.84. The van der Waals surface area contributed by atoms with Crippen molar-refractivity contribution in [3.8, 4) is 28.2 Å². The van der Waals surface area contributed by atoms with E-state index in [2.05, 4.69) is 202 Å². The minimum atomic E-state index is 1.15. The minimum Gasteiger partial charge on any atom is -0.309 e. The largest absolute Gasteiger partial charge is 0.309 e. The van der Waals surface area contributed by atoms with E-state index in [0.29, 0.717) is 0 Å². The second kappa shape index (κ2) is 10.8. The highest BCUT2D eigenvalue weighted by Crippen LogP contribution is 2.42. The van der Waals surface area contributed by atoms with Crippen molar-refractivity contribution in [3.63, 3.8) is 0 Å². The van der Waals surface area contributed by atoms with E-state index in [1.807, 2.05) is 0 Å². The first-order chi connectivity index (χ1) is 25.3. The third-order valence-corrected chi connectivity index (χ3v) is 10.6. The van der Waals surface area contributed by atoms with Crippen LogP contribution in [0.5, 0.6) is 0 Å². The number of para-hydroxylation sites is 5. The first kappa shape index (κ1) is 28.0. The van der Waals surface area contributed by atoms with Gasteiger partial charge < -0.3 is 13.7 Å². The lowest BCUT2D eigenvalue weighted by molar-refractivity contribution is 1.17. The lowest BCUT2D eigenvalue weighted by atomic mass is 10.0. The maximum atomic E-state index is 2.47. The summed E-state index contributed by atoms with van der Waals surface area (Å²) >= 11 is 0. The van der Waals surface area contributed by atoms with Crippen LogP contribution < -0.4 is 0 Å². The molecule has 0 aliphatic rings. The van der Waals surface area contributed by atoms with Crippen LogP contribution in [0, 0.1) is 0 Å². The summed E-state index contributed by atoms with van der Waals surface area (Å²) in [7, 11) is 0. The Morgan fingerprint density at radius 2 is 0.706 bits per heavy atom. The summed E-state index contributed by atoms with van der Waals surface area (Å²) < 4.78 is 7.24. The van der Waals surface area contributed by atoms with Crippen LogP contribution in [-0.2, 0) is 0 Å². The molecule has 3 heterocycles. The Hall–Kier alpha value is -6.84. The molecule has 0 atom stereocenters. The van der Waals surface area contributed by atoms with Gasteiger partial charge in [0.05, 0.1) is 33.1 Å². The van der Waals surface area contributed by atoms with Crippen molar-refractivity contribution < 1.29 is 0 Å². The van der Waals surface area contributed by atoms with Crippen molar-refractivity contribution >= 4 is 65.4 Å². The zero-order valence-corrected chi connectivity index (χ0v) is 27.7. The van der Waals surface area contributed by atoms with Gasteiger partial charge in [0.1, 0.15) is 0 Å². The summed E-state index contributed by atoms with van der Waals surface area (Å²) in [4.78, 5) is 0. The van der Waals surface area contributed by atoms with Crippen molar-refractivity contribution in [3.05, 3.63) is 188 Å². The molecule has 0 aliphatic carbocycles. The van der Waals surface area contributed by atoms with E-state index in [1.54, 1.807) is 0 Å². The first-order valence-electron chi connectivity index (χ1n) is 17.5. The fourth-order valence-corrected chi connectivity index (χ4v) is 8.44. The van der Waals surface area contributed by atoms with E-state index in [9.17, 15) is 0 Å². The van der Waals surface area contributed by atoms with Gasteiger partial charge in [-0.05, 0) is 83.9 Å². The molecule has 51 heavy (non-hydrogen) atoms. The Balaban J connectivity index is 1.12. The van der Waals surface area contributed by atoms with Crippen molar-refractivity contribution in [2.24, 2.45) is 0 Å². The van der Waals surface area contributed by atoms with Crippen LogP contribution in [-0.4, -0.2) is 13.7 Å². The highest BCUT2D eigenvalue weighted by atomic mass is 15.0. The molecule has 0 fully saturated rings. The van der Waals surface area contributed by atoms with Crippen molar-refractivity contribution in [2.45, 2.75) is 0 Å². The van der Waals surface area contributed by atoms with Crippen LogP contribution >= 0.6 is 0 Å². The molecule has 0 bridgehead atoms. The number of nitrogens with zero attached hydrogens (tertiary/aromatic N) is 3. The highest BCUT2D eigenvalue weighted by Gasteiger charge is 2.21. The predicted molar refractivity (Wildman–Crippen MR) is 215 cm³/mol. The number of aromatic nitrogens is 3. The first-order valence-corrected chi connectivity index (χ1v) is 17.5. The molecular formula is C48H31N3. The van der Waals surface area contributed by atoms with Gasteiger partial charge in [0.2, 0.25) is 0 Å². The van der Waals surface area contributed by atoms with Crippen molar-refractivity contribution in [1.82, 2.24) is 13.7 Å². The van der Waals surface area contributed by atoms with Gasteiger partial charge in [0, 0.05) is 49.4 Å². The standard InChI is InChI=1S/C48H31N3/c1-3-13-34(14-4-1)49-42-20-10-8-18-38(42)41-31-33(25-29-45(41)49)32-23-26-36(27-24-32)51-43-21-11-7-17-37(43)39-28-30-46-47(48(39)51)40-19-9-12-22-44(40)50(46)35-15-5-2-6-16-35/h1-31H. The zero-order valence-electron chi connectivity index (χ0n) is 27.7. The molecule has 11 rings (SSSR count). The second-order valence-electron chi connectivity index (χ2n) is 13.4. The Morgan fingerprint density at radius 3 is 1.37 bits per heavy atom.